The summed E-state index contributed by atoms with van der Waals surface area (Å²) < 4.78 is 23.9. The molecule has 2 saturated heterocycles. The molecule has 402 valence electrons. The molecule has 4 amide bonds. The predicted molar refractivity (Wildman–Crippen MR) is 269 cm³/mol. The lowest BCUT2D eigenvalue weighted by Crippen LogP contribution is -2.55. The molecule has 21 heteroatoms. The second-order valence-electron chi connectivity index (χ2n) is 18.8. The third kappa shape index (κ3) is 16.8. The molecule has 20 nitrogen and oxygen atoms in total. The van der Waals surface area contributed by atoms with Crippen molar-refractivity contribution in [3.05, 3.63) is 83.2 Å². The Hall–Kier alpha value is -5.83. The number of carbonyl (C=O) groups excluding carboxylic acids is 4. The van der Waals surface area contributed by atoms with Crippen LogP contribution in [0.15, 0.2) is 60.7 Å². The minimum absolute atomic E-state index is 0.115. The number of likely N-dealkylation sites (tertiary alicyclic amines) is 2. The molecule has 12 atom stereocenters. The fourth-order valence-corrected chi connectivity index (χ4v) is 8.35. The van der Waals surface area contributed by atoms with Crippen molar-refractivity contribution in [1.82, 2.24) is 30.6 Å². The third-order valence-electron chi connectivity index (χ3n) is 13.4. The summed E-state index contributed by atoms with van der Waals surface area (Å²) >= 11 is 0. The minimum atomic E-state index is -1.74. The Labute approximate surface area is 426 Å². The average molecular weight is 1020 g/mol. The molecule has 0 bridgehead atoms. The van der Waals surface area contributed by atoms with E-state index < -0.39 is 78.5 Å². The van der Waals surface area contributed by atoms with Crippen LogP contribution in [0.25, 0.3) is 10.9 Å². The van der Waals surface area contributed by atoms with Crippen molar-refractivity contribution < 1.29 is 63.7 Å². The van der Waals surface area contributed by atoms with Gasteiger partial charge in [-0.15, -0.1) is 0 Å². The number of methoxy groups -OCH3 is 2. The van der Waals surface area contributed by atoms with E-state index in [9.17, 15) is 54.2 Å². The van der Waals surface area contributed by atoms with Gasteiger partial charge in [0.05, 0.1) is 11.1 Å². The number of nitrogens with two attached hydrogens (primary N) is 1. The van der Waals surface area contributed by atoms with Crippen molar-refractivity contribution in [1.29, 1.82) is 5.26 Å². The molecule has 5 rings (SSSR count). The number of aromatic amines is 1. The highest BCUT2D eigenvalue weighted by Crippen LogP contribution is 2.23. The van der Waals surface area contributed by atoms with Crippen LogP contribution in [0.2, 0.25) is 0 Å². The minimum Gasteiger partial charge on any atom is -0.387 e. The van der Waals surface area contributed by atoms with E-state index in [1.165, 1.54) is 49.5 Å². The highest BCUT2D eigenvalue weighted by Gasteiger charge is 2.39. The number of benzene rings is 2. The molecule has 3 aromatic rings. The number of nitrogen functional groups attached to an aromatic ring is 1. The summed E-state index contributed by atoms with van der Waals surface area (Å²) in [6, 6.07) is 9.78. The Morgan fingerprint density at radius 1 is 0.767 bits per heavy atom. The molecule has 2 fully saturated rings. The molecule has 11 N–H and O–H groups in total. The van der Waals surface area contributed by atoms with Crippen molar-refractivity contribution >= 4 is 40.3 Å². The number of hydrogen-bond donors (Lipinski definition) is 10. The van der Waals surface area contributed by atoms with Crippen LogP contribution in [0.5, 0.6) is 0 Å². The van der Waals surface area contributed by atoms with Crippen molar-refractivity contribution in [2.75, 3.05) is 33.0 Å². The molecule has 2 unspecified atom stereocenters. The molecular formula is C52H75FN8O12. The van der Waals surface area contributed by atoms with Gasteiger partial charge in [0.1, 0.15) is 60.6 Å². The fraction of sp³-hybridized carbons (Fsp3) is 0.577. The topological polar surface area (TPSA) is 317 Å². The highest BCUT2D eigenvalue weighted by atomic mass is 19.1. The van der Waals surface area contributed by atoms with Gasteiger partial charge in [-0.05, 0) is 85.8 Å². The van der Waals surface area contributed by atoms with E-state index in [4.69, 9.17) is 20.5 Å². The summed E-state index contributed by atoms with van der Waals surface area (Å²) in [5.74, 6) is -2.04. The van der Waals surface area contributed by atoms with Crippen LogP contribution >= 0.6 is 0 Å². The summed E-state index contributed by atoms with van der Waals surface area (Å²) in [6.07, 6.45) is -1.04. The number of rotatable bonds is 22. The van der Waals surface area contributed by atoms with Crippen LogP contribution in [0.1, 0.15) is 95.8 Å². The van der Waals surface area contributed by atoms with E-state index in [-0.39, 0.29) is 35.8 Å². The number of nitrogens with one attached hydrogen (secondary N) is 3. The molecule has 0 spiro atoms. The number of amides is 4. The molecule has 2 aromatic carbocycles. The number of carbonyl (C=O) groups is 4. The number of aliphatic hydroxyl groups excluding tert-OH is 6. The second kappa shape index (κ2) is 29.2. The quantitative estimate of drug-likeness (QED) is 0.0646. The van der Waals surface area contributed by atoms with Gasteiger partial charge in [-0.3, -0.25) is 24.3 Å². The first kappa shape index (κ1) is 59.7. The summed E-state index contributed by atoms with van der Waals surface area (Å²) in [5, 5.41) is 84.3. The maximum absolute atomic E-state index is 13.7. The lowest BCUT2D eigenvalue weighted by atomic mass is 9.99. The number of H-pyrrole nitrogens is 1. The van der Waals surface area contributed by atoms with Crippen LogP contribution in [0.3, 0.4) is 0 Å². The zero-order valence-corrected chi connectivity index (χ0v) is 42.6. The molecule has 2 aliphatic heterocycles. The van der Waals surface area contributed by atoms with Gasteiger partial charge in [0.15, 0.2) is 18.0 Å². The van der Waals surface area contributed by atoms with E-state index in [1.807, 2.05) is 45.9 Å². The van der Waals surface area contributed by atoms with Crippen LogP contribution in [-0.4, -0.2) is 162 Å². The zero-order chi connectivity index (χ0) is 53.9. The summed E-state index contributed by atoms with van der Waals surface area (Å²) in [7, 11) is 2.41. The third-order valence-corrected chi connectivity index (χ3v) is 13.4. The first-order chi connectivity index (χ1) is 34.8. The Bertz CT molecular complexity index is 2380. The number of allylic oxidation sites excluding steroid dienone is 2. The van der Waals surface area contributed by atoms with E-state index in [0.29, 0.717) is 56.7 Å². The van der Waals surface area contributed by atoms with Crippen LogP contribution < -0.4 is 16.4 Å². The van der Waals surface area contributed by atoms with Gasteiger partial charge in [-0.25, -0.2) is 4.39 Å². The van der Waals surface area contributed by atoms with Crippen LogP contribution in [0, 0.1) is 29.0 Å². The normalized spacial score (nSPS) is 20.9. The van der Waals surface area contributed by atoms with Gasteiger partial charge in [-0.2, -0.15) is 10.4 Å². The number of aliphatic hydroxyl groups is 6. The van der Waals surface area contributed by atoms with Crippen molar-refractivity contribution in [2.24, 2.45) is 11.8 Å². The number of nitrogens with zero attached hydrogens (tertiary/aromatic N) is 4. The monoisotopic (exact) mass is 1020 g/mol. The standard InChI is InChI=1S/C26H36FN3O6.C26H39N5O6/c1-4-16(2)8-11-21(31)22(32)23(33)24(36-3)25(34)29-20-7-5-6-12-30(26(20)35)15-17-9-10-19(27)18(13-17)14-28;1-4-15(2)8-11-20(32)21(33)22(34)23(37-3)25(35)28-19-7-5-6-12-31(26(19)36)14-16-9-10-18-17(13-16)24(27)30-29-18/h8-11,13,16,20-24,31-33H,4-7,12,15H2,1-3H3,(H,29,34);8-11,13,15,19-23,32-34H,4-7,12,14H2,1-3H3,(H,28,35)(H3,27,29,30)/b2*11-8+/t16?,20-,21+,22-,23+,24+;15?,19-,20+,21-,22+,23+/m00/s1. The van der Waals surface area contributed by atoms with Crippen molar-refractivity contribution in [3.63, 3.8) is 0 Å². The van der Waals surface area contributed by atoms with Gasteiger partial charge in [0.25, 0.3) is 11.8 Å². The lowest BCUT2D eigenvalue weighted by molar-refractivity contribution is -0.152. The molecule has 0 radical (unpaired) electrons. The average Bonchev–Trinajstić information content (AvgIpc) is 3.56. The maximum atomic E-state index is 13.7. The van der Waals surface area contributed by atoms with Gasteiger partial charge in [-0.1, -0.05) is 77.0 Å². The maximum Gasteiger partial charge on any atom is 0.252 e. The largest absolute Gasteiger partial charge is 0.387 e. The first-order valence-electron chi connectivity index (χ1n) is 24.9. The van der Waals surface area contributed by atoms with Gasteiger partial charge < -0.3 is 66.3 Å². The Kier molecular flexibility index (Phi) is 23.9. The van der Waals surface area contributed by atoms with E-state index in [1.54, 1.807) is 23.1 Å². The first-order valence-corrected chi connectivity index (χ1v) is 24.9. The lowest BCUT2D eigenvalue weighted by Gasteiger charge is -2.29. The summed E-state index contributed by atoms with van der Waals surface area (Å²) in [5.41, 5.74) is 8.07. The van der Waals surface area contributed by atoms with Crippen molar-refractivity contribution in [2.45, 2.75) is 153 Å². The molecule has 3 heterocycles. The molecule has 0 aliphatic carbocycles. The second-order valence-corrected chi connectivity index (χ2v) is 18.8. The highest BCUT2D eigenvalue weighted by molar-refractivity contribution is 5.91. The molecule has 73 heavy (non-hydrogen) atoms. The zero-order valence-electron chi connectivity index (χ0n) is 42.6. The predicted octanol–water partition coefficient (Wildman–Crippen LogP) is 2.24. The Morgan fingerprint density at radius 2 is 1.22 bits per heavy atom. The Balaban J connectivity index is 0.000000317. The molecular weight excluding hydrogens is 948 g/mol. The van der Waals surface area contributed by atoms with Crippen molar-refractivity contribution in [3.8, 4) is 6.07 Å². The SMILES string of the molecule is CCC(C)/C=C/[C@@H](O)[C@H](O)[C@@H](O)[C@@H](OC)C(=O)N[C@H]1CCCCN(Cc2ccc(F)c(C#N)c2)C1=O.CCC(C)/C=C/[C@@H](O)[C@H](O)[C@@H](O)[C@@H](OC)C(=O)N[C@H]1CCCCN(Cc2ccc3[nH]nc(N)c3c2)C1=O. The molecule has 2 aliphatic rings. The number of nitriles is 1. The summed E-state index contributed by atoms with van der Waals surface area (Å²) in [4.78, 5) is 55.6. The van der Waals surface area contributed by atoms with Crippen LogP contribution in [0.4, 0.5) is 10.2 Å². The van der Waals surface area contributed by atoms with Gasteiger partial charge in [0, 0.05) is 45.8 Å². The summed E-state index contributed by atoms with van der Waals surface area (Å²) in [6.45, 7) is 9.29. The van der Waals surface area contributed by atoms with Gasteiger partial charge in [0.2, 0.25) is 11.8 Å². The van der Waals surface area contributed by atoms with E-state index in [0.717, 1.165) is 42.1 Å². The Morgan fingerprint density at radius 3 is 1.66 bits per heavy atom. The number of hydrogen-bond acceptors (Lipinski definition) is 15. The van der Waals surface area contributed by atoms with Gasteiger partial charge >= 0.3 is 0 Å². The smallest absolute Gasteiger partial charge is 0.252 e. The number of halogens is 1. The number of ether oxygens (including phenoxy) is 2. The van der Waals surface area contributed by atoms with Crippen LogP contribution in [-0.2, 0) is 41.7 Å². The number of aromatic nitrogens is 2. The van der Waals surface area contributed by atoms with E-state index >= 15 is 0 Å². The van der Waals surface area contributed by atoms with E-state index in [2.05, 4.69) is 20.8 Å². The fourth-order valence-electron chi connectivity index (χ4n) is 8.35. The molecule has 0 saturated carbocycles. The number of fused-ring (bicyclic) bond motifs is 1. The number of anilines is 1. The molecule has 1 aromatic heterocycles.